The first-order valence-electron chi connectivity index (χ1n) is 17.8. The molecule has 5 nitrogen and oxygen atoms in total. The van der Waals surface area contributed by atoms with Crippen LogP contribution >= 0.6 is 0 Å². The van der Waals surface area contributed by atoms with Gasteiger partial charge in [-0.2, -0.15) is 0 Å². The highest BCUT2D eigenvalue weighted by Gasteiger charge is 2.70. The van der Waals surface area contributed by atoms with Gasteiger partial charge in [-0.3, -0.25) is 14.4 Å². The molecule has 0 aliphatic heterocycles. The molecule has 46 heavy (non-hydrogen) atoms. The van der Waals surface area contributed by atoms with Gasteiger partial charge in [-0.05, 0) is 116 Å². The highest BCUT2D eigenvalue weighted by Crippen LogP contribution is 2.75. The fourth-order valence-corrected chi connectivity index (χ4v) is 11.8. The summed E-state index contributed by atoms with van der Waals surface area (Å²) < 4.78 is 11.8. The summed E-state index contributed by atoms with van der Waals surface area (Å²) in [5, 5.41) is 0. The summed E-state index contributed by atoms with van der Waals surface area (Å²) in [5.74, 6) is 0.372. The van der Waals surface area contributed by atoms with E-state index >= 15 is 0 Å². The average molecular weight is 629 g/mol. The van der Waals surface area contributed by atoms with Crippen molar-refractivity contribution in [1.29, 1.82) is 0 Å². The van der Waals surface area contributed by atoms with Crippen molar-refractivity contribution in [3.63, 3.8) is 0 Å². The van der Waals surface area contributed by atoms with Crippen molar-refractivity contribution in [2.24, 2.45) is 50.2 Å². The minimum Gasteiger partial charge on any atom is -0.462 e. The molecule has 0 aromatic heterocycles. The first-order valence-corrected chi connectivity index (χ1v) is 17.8. The summed E-state index contributed by atoms with van der Waals surface area (Å²) in [5.41, 5.74) is 1.27. The molecule has 5 aliphatic carbocycles. The maximum absolute atomic E-state index is 14.7. The van der Waals surface area contributed by atoms with Crippen molar-refractivity contribution in [3.05, 3.63) is 53.6 Å². The number of hydrogen-bond donors (Lipinski definition) is 0. The maximum atomic E-state index is 14.7. The number of carbonyl (C=O) groups is 3. The standard InChI is InChI=1S/C41H56O5/c1-27(42)46-33-17-18-39(6)32(36(33,2)3)16-19-41(8)34(39)31(43)25-29-30-26-38(5,21-20-37(30,4)22-23-40(29,41)7)35(44)45-24-12-15-28-13-10-9-11-14-28/h9-15,25,30,32-34H,16-24,26H2,1-8H3/b15-12+/t30?,32?,33-,34+,37+,38-,39-,40+,41+/m0/s1. The second-order valence-corrected chi connectivity index (χ2v) is 17.6. The zero-order valence-corrected chi connectivity index (χ0v) is 29.5. The van der Waals surface area contributed by atoms with Gasteiger partial charge >= 0.3 is 11.9 Å². The van der Waals surface area contributed by atoms with Crippen molar-refractivity contribution >= 4 is 23.8 Å². The van der Waals surface area contributed by atoms with Crippen LogP contribution in [-0.2, 0) is 23.9 Å². The number of hydrogen-bond acceptors (Lipinski definition) is 5. The summed E-state index contributed by atoms with van der Waals surface area (Å²) in [6.45, 7) is 18.0. The fraction of sp³-hybridized carbons (Fsp3) is 0.683. The zero-order chi connectivity index (χ0) is 33.3. The molecule has 1 aromatic rings. The van der Waals surface area contributed by atoms with E-state index in [1.807, 2.05) is 42.5 Å². The van der Waals surface area contributed by atoms with Crippen LogP contribution in [0.4, 0.5) is 0 Å². The van der Waals surface area contributed by atoms with Crippen molar-refractivity contribution in [2.45, 2.75) is 119 Å². The van der Waals surface area contributed by atoms with Crippen molar-refractivity contribution in [1.82, 2.24) is 0 Å². The molecule has 4 saturated carbocycles. The maximum Gasteiger partial charge on any atom is 0.312 e. The number of ether oxygens (including phenoxy) is 2. The Labute approximate surface area is 277 Å². The average Bonchev–Trinajstić information content (AvgIpc) is 2.99. The molecule has 250 valence electrons. The van der Waals surface area contributed by atoms with Crippen LogP contribution in [0.25, 0.3) is 6.08 Å². The summed E-state index contributed by atoms with van der Waals surface area (Å²) in [6.07, 6.45) is 14.3. The molecule has 0 amide bonds. The molecule has 6 rings (SSSR count). The first-order chi connectivity index (χ1) is 21.5. The Morgan fingerprint density at radius 3 is 2.28 bits per heavy atom. The molecule has 0 spiro atoms. The highest BCUT2D eigenvalue weighted by atomic mass is 16.5. The topological polar surface area (TPSA) is 69.7 Å². The predicted octanol–water partition coefficient (Wildman–Crippen LogP) is 9.16. The summed E-state index contributed by atoms with van der Waals surface area (Å²) in [6, 6.07) is 10.1. The number of rotatable bonds is 5. The number of fused-ring (bicyclic) bond motifs is 7. The van der Waals surface area contributed by atoms with E-state index in [1.165, 1.54) is 12.5 Å². The van der Waals surface area contributed by atoms with Crippen LogP contribution in [0.15, 0.2) is 48.1 Å². The number of benzene rings is 1. The smallest absolute Gasteiger partial charge is 0.312 e. The van der Waals surface area contributed by atoms with Gasteiger partial charge in [-0.25, -0.2) is 0 Å². The number of carbonyl (C=O) groups excluding carboxylic acids is 3. The van der Waals surface area contributed by atoms with Gasteiger partial charge in [-0.1, -0.05) is 83.5 Å². The molecule has 4 fully saturated rings. The lowest BCUT2D eigenvalue weighted by Gasteiger charge is -2.70. The molecule has 5 aliphatic rings. The molecule has 9 atom stereocenters. The lowest BCUT2D eigenvalue weighted by atomic mass is 9.33. The van der Waals surface area contributed by atoms with E-state index < -0.39 is 5.41 Å². The summed E-state index contributed by atoms with van der Waals surface area (Å²) in [7, 11) is 0. The van der Waals surface area contributed by atoms with Crippen LogP contribution in [0.3, 0.4) is 0 Å². The van der Waals surface area contributed by atoms with Crippen LogP contribution in [-0.4, -0.2) is 30.4 Å². The van der Waals surface area contributed by atoms with E-state index in [9.17, 15) is 14.4 Å². The van der Waals surface area contributed by atoms with Crippen molar-refractivity contribution in [2.75, 3.05) is 6.61 Å². The van der Waals surface area contributed by atoms with Gasteiger partial charge < -0.3 is 9.47 Å². The van der Waals surface area contributed by atoms with Crippen LogP contribution in [0, 0.1) is 50.2 Å². The molecule has 0 bridgehead atoms. The second-order valence-electron chi connectivity index (χ2n) is 17.6. The Bertz CT molecular complexity index is 1460. The van der Waals surface area contributed by atoms with Gasteiger partial charge in [0.1, 0.15) is 12.7 Å². The van der Waals surface area contributed by atoms with E-state index in [4.69, 9.17) is 9.47 Å². The minimum absolute atomic E-state index is 0.0641. The zero-order valence-electron chi connectivity index (χ0n) is 29.5. The SMILES string of the molecule is CC(=O)O[C@H]1CC[C@@]2(C)C(CC[C@]3(C)[C@@H]2C(=O)C=C2C4C[C@@](C)(C(=O)OC/C=C/c5ccccc5)CC[C@]4(C)CC[C@]23C)C1(C)C. The Morgan fingerprint density at radius 1 is 0.891 bits per heavy atom. The summed E-state index contributed by atoms with van der Waals surface area (Å²) in [4.78, 5) is 40.4. The molecule has 2 unspecified atom stereocenters. The monoisotopic (exact) mass is 628 g/mol. The molecule has 0 radical (unpaired) electrons. The van der Waals surface area contributed by atoms with Gasteiger partial charge in [0.05, 0.1) is 5.41 Å². The minimum atomic E-state index is -0.576. The number of esters is 2. The van der Waals surface area contributed by atoms with Crippen molar-refractivity contribution < 1.29 is 23.9 Å². The fourth-order valence-electron chi connectivity index (χ4n) is 11.8. The Hall–Kier alpha value is -2.69. The quantitative estimate of drug-likeness (QED) is 0.304. The molecule has 0 saturated heterocycles. The van der Waals surface area contributed by atoms with E-state index in [-0.39, 0.29) is 69.3 Å². The number of allylic oxidation sites excluding steroid dienone is 2. The van der Waals surface area contributed by atoms with Gasteiger partial charge in [0.15, 0.2) is 5.78 Å². The Kier molecular flexibility index (Phi) is 8.08. The Morgan fingerprint density at radius 2 is 1.59 bits per heavy atom. The Balaban J connectivity index is 1.28. The van der Waals surface area contributed by atoms with Crippen molar-refractivity contribution in [3.8, 4) is 0 Å². The van der Waals surface area contributed by atoms with E-state index in [0.717, 1.165) is 63.4 Å². The van der Waals surface area contributed by atoms with Crippen LogP contribution < -0.4 is 0 Å². The molecule has 0 N–H and O–H groups in total. The molecular weight excluding hydrogens is 572 g/mol. The van der Waals surface area contributed by atoms with Gasteiger partial charge in [-0.15, -0.1) is 0 Å². The molecule has 0 heterocycles. The van der Waals surface area contributed by atoms with E-state index in [0.29, 0.717) is 5.92 Å². The van der Waals surface area contributed by atoms with Gasteiger partial charge in [0.2, 0.25) is 0 Å². The lowest BCUT2D eigenvalue weighted by molar-refractivity contribution is -0.210. The summed E-state index contributed by atoms with van der Waals surface area (Å²) >= 11 is 0. The molecule has 1 aromatic carbocycles. The largest absolute Gasteiger partial charge is 0.462 e. The molecular formula is C41H56O5. The third kappa shape index (κ3) is 4.96. The normalized spacial score (nSPS) is 43.0. The molecule has 5 heteroatoms. The van der Waals surface area contributed by atoms with Gasteiger partial charge in [0, 0.05) is 18.3 Å². The third-order valence-electron chi connectivity index (χ3n) is 14.7. The second kappa shape index (κ2) is 11.2. The van der Waals surface area contributed by atoms with Gasteiger partial charge in [0.25, 0.3) is 0 Å². The van der Waals surface area contributed by atoms with Crippen LogP contribution in [0.5, 0.6) is 0 Å². The lowest BCUT2D eigenvalue weighted by Crippen LogP contribution is -2.66. The van der Waals surface area contributed by atoms with E-state index in [1.54, 1.807) is 0 Å². The third-order valence-corrected chi connectivity index (χ3v) is 14.7. The highest BCUT2D eigenvalue weighted by molar-refractivity contribution is 5.95. The van der Waals surface area contributed by atoms with Crippen LogP contribution in [0.2, 0.25) is 0 Å². The number of ketones is 1. The van der Waals surface area contributed by atoms with Crippen LogP contribution in [0.1, 0.15) is 119 Å². The first kappa shape index (κ1) is 33.2. The predicted molar refractivity (Wildman–Crippen MR) is 181 cm³/mol. The van der Waals surface area contributed by atoms with E-state index in [2.05, 4.69) is 54.5 Å².